The molecular weight excluding hydrogens is 392 g/mol. The fraction of sp³-hybridized carbons (Fsp3) is 0.444. The van der Waals surface area contributed by atoms with Gasteiger partial charge in [0.25, 0.3) is 0 Å². The Kier molecular flexibility index (Phi) is 6.01. The standard InChI is InChI=1S/C18H22N8O4/c27-17(29-25-15-9-5-7-13-23(15)19-21-25)11-3-1-2-4-12-18(28)30-26-16-10-6-8-14-24(16)20-22-26/h5-10H,1-4,11-14H2. The fourth-order valence-electron chi connectivity index (χ4n) is 3.05. The van der Waals surface area contributed by atoms with Crippen LogP contribution in [0.2, 0.25) is 0 Å². The first-order chi connectivity index (χ1) is 14.7. The van der Waals surface area contributed by atoms with Crippen LogP contribution in [0.5, 0.6) is 0 Å². The second kappa shape index (κ2) is 9.20. The molecule has 0 radical (unpaired) electrons. The maximum Gasteiger partial charge on any atom is 0.335 e. The molecule has 0 aliphatic carbocycles. The number of nitrogens with zero attached hydrogens (tertiary/aromatic N) is 8. The molecule has 0 fully saturated rings. The minimum atomic E-state index is -0.371. The van der Waals surface area contributed by atoms with E-state index in [9.17, 15) is 9.59 Å². The quantitative estimate of drug-likeness (QED) is 0.529. The molecule has 0 aromatic heterocycles. The van der Waals surface area contributed by atoms with Crippen LogP contribution < -0.4 is 0 Å². The highest BCUT2D eigenvalue weighted by Gasteiger charge is 2.28. The van der Waals surface area contributed by atoms with E-state index in [1.165, 1.54) is 0 Å². The number of hydrogen-bond donors (Lipinski definition) is 0. The van der Waals surface area contributed by atoms with Gasteiger partial charge in [0.05, 0.1) is 13.1 Å². The number of carbonyl (C=O) groups is 2. The molecule has 0 saturated carbocycles. The first-order valence-corrected chi connectivity index (χ1v) is 9.84. The Morgan fingerprint density at radius 1 is 0.733 bits per heavy atom. The minimum absolute atomic E-state index is 0.269. The number of allylic oxidation sites excluding steroid dienone is 4. The lowest BCUT2D eigenvalue weighted by Gasteiger charge is -2.19. The topological polar surface area (TPSA) is 115 Å². The van der Waals surface area contributed by atoms with Gasteiger partial charge in [-0.1, -0.05) is 47.5 Å². The average Bonchev–Trinajstić information content (AvgIpc) is 3.35. The highest BCUT2D eigenvalue weighted by atomic mass is 16.7. The van der Waals surface area contributed by atoms with Gasteiger partial charge in [-0.15, -0.1) is 0 Å². The molecule has 0 aromatic rings. The van der Waals surface area contributed by atoms with Gasteiger partial charge in [0, 0.05) is 12.8 Å². The summed E-state index contributed by atoms with van der Waals surface area (Å²) in [5.41, 5.74) is 0. The predicted molar refractivity (Wildman–Crippen MR) is 101 cm³/mol. The van der Waals surface area contributed by atoms with Crippen LogP contribution in [-0.4, -0.2) is 45.4 Å². The summed E-state index contributed by atoms with van der Waals surface area (Å²) in [5.74, 6) is 0.490. The van der Waals surface area contributed by atoms with Crippen molar-refractivity contribution >= 4 is 11.9 Å². The molecule has 4 rings (SSSR count). The Labute approximate surface area is 172 Å². The number of fused-ring (bicyclic) bond motifs is 2. The van der Waals surface area contributed by atoms with Gasteiger partial charge in [-0.2, -0.15) is 0 Å². The van der Waals surface area contributed by atoms with Crippen molar-refractivity contribution in [3.05, 3.63) is 48.1 Å². The second-order valence-corrected chi connectivity index (χ2v) is 6.81. The second-order valence-electron chi connectivity index (χ2n) is 6.81. The number of unbranched alkanes of at least 4 members (excludes halogenated alkanes) is 3. The third-order valence-corrected chi connectivity index (χ3v) is 4.59. The predicted octanol–water partition coefficient (Wildman–Crippen LogP) is 2.87. The van der Waals surface area contributed by atoms with E-state index in [4.69, 9.17) is 9.68 Å². The van der Waals surface area contributed by atoms with E-state index >= 15 is 0 Å². The summed E-state index contributed by atoms with van der Waals surface area (Å²) in [5, 5.41) is 21.0. The molecule has 0 aromatic carbocycles. The molecule has 0 atom stereocenters. The van der Waals surface area contributed by atoms with Crippen LogP contribution >= 0.6 is 0 Å². The lowest BCUT2D eigenvalue weighted by atomic mass is 10.1. The van der Waals surface area contributed by atoms with Crippen LogP contribution in [0.4, 0.5) is 0 Å². The minimum Gasteiger partial charge on any atom is -0.316 e. The molecule has 12 heteroatoms. The largest absolute Gasteiger partial charge is 0.335 e. The van der Waals surface area contributed by atoms with Crippen molar-refractivity contribution in [3.8, 4) is 0 Å². The van der Waals surface area contributed by atoms with Gasteiger partial charge in [-0.05, 0) is 45.9 Å². The molecule has 12 nitrogen and oxygen atoms in total. The molecule has 0 N–H and O–H groups in total. The van der Waals surface area contributed by atoms with E-state index in [0.717, 1.165) is 23.2 Å². The Morgan fingerprint density at radius 3 is 1.67 bits per heavy atom. The van der Waals surface area contributed by atoms with E-state index in [-0.39, 0.29) is 24.8 Å². The van der Waals surface area contributed by atoms with Crippen LogP contribution in [0.25, 0.3) is 0 Å². The molecule has 0 bridgehead atoms. The molecule has 0 spiro atoms. The summed E-state index contributed by atoms with van der Waals surface area (Å²) < 4.78 is 0. The molecular formula is C18H22N8O4. The number of rotatable bonds is 9. The van der Waals surface area contributed by atoms with E-state index in [0.29, 0.717) is 37.6 Å². The SMILES string of the molecule is O=C(CCCCCCC(=O)ON1N=NN2CC=CC=C21)ON1N=NN2CC=CC=C21. The molecule has 0 unspecified atom stereocenters. The first kappa shape index (κ1) is 19.6. The van der Waals surface area contributed by atoms with Crippen molar-refractivity contribution in [2.24, 2.45) is 20.9 Å². The van der Waals surface area contributed by atoms with Gasteiger partial charge < -0.3 is 9.68 Å². The molecule has 30 heavy (non-hydrogen) atoms. The Morgan fingerprint density at radius 2 is 1.20 bits per heavy atom. The Balaban J connectivity index is 1.06. The summed E-state index contributed by atoms with van der Waals surface area (Å²) >= 11 is 0. The Hall–Kier alpha value is -3.70. The highest BCUT2D eigenvalue weighted by Crippen LogP contribution is 2.24. The number of hydrogen-bond acceptors (Lipinski definition) is 12. The zero-order chi connectivity index (χ0) is 20.8. The summed E-state index contributed by atoms with van der Waals surface area (Å²) in [6, 6.07) is 0. The number of hydroxylamine groups is 2. The van der Waals surface area contributed by atoms with Gasteiger partial charge in [0.15, 0.2) is 11.6 Å². The molecule has 0 amide bonds. The van der Waals surface area contributed by atoms with Crippen LogP contribution in [0.1, 0.15) is 38.5 Å². The zero-order valence-electron chi connectivity index (χ0n) is 16.3. The molecule has 0 saturated heterocycles. The van der Waals surface area contributed by atoms with E-state index in [2.05, 4.69) is 20.9 Å². The summed E-state index contributed by atoms with van der Waals surface area (Å²) in [7, 11) is 0. The van der Waals surface area contributed by atoms with Crippen molar-refractivity contribution in [1.29, 1.82) is 0 Å². The monoisotopic (exact) mass is 414 g/mol. The maximum absolute atomic E-state index is 12.0. The van der Waals surface area contributed by atoms with E-state index in [1.54, 1.807) is 22.2 Å². The van der Waals surface area contributed by atoms with E-state index in [1.807, 2.05) is 24.3 Å². The lowest BCUT2D eigenvalue weighted by Crippen LogP contribution is -2.27. The third-order valence-electron chi connectivity index (χ3n) is 4.59. The molecule has 4 aliphatic heterocycles. The van der Waals surface area contributed by atoms with Crippen LogP contribution in [-0.2, 0) is 19.3 Å². The van der Waals surface area contributed by atoms with E-state index < -0.39 is 0 Å². The highest BCUT2D eigenvalue weighted by molar-refractivity contribution is 5.69. The lowest BCUT2D eigenvalue weighted by molar-refractivity contribution is -0.183. The smallest absolute Gasteiger partial charge is 0.316 e. The van der Waals surface area contributed by atoms with Crippen molar-refractivity contribution < 1.29 is 19.3 Å². The van der Waals surface area contributed by atoms with Gasteiger partial charge in [-0.25, -0.2) is 19.6 Å². The summed E-state index contributed by atoms with van der Waals surface area (Å²) in [4.78, 5) is 34.4. The van der Waals surface area contributed by atoms with Gasteiger partial charge in [0.1, 0.15) is 0 Å². The van der Waals surface area contributed by atoms with Crippen LogP contribution in [0.3, 0.4) is 0 Å². The fourth-order valence-corrected chi connectivity index (χ4v) is 3.05. The zero-order valence-corrected chi connectivity index (χ0v) is 16.3. The molecule has 158 valence electrons. The summed E-state index contributed by atoms with van der Waals surface area (Å²) in [6.45, 7) is 1.19. The Bertz CT molecular complexity index is 792. The molecule has 4 heterocycles. The van der Waals surface area contributed by atoms with Crippen LogP contribution in [0.15, 0.2) is 69.0 Å². The van der Waals surface area contributed by atoms with Crippen molar-refractivity contribution in [2.45, 2.75) is 38.5 Å². The van der Waals surface area contributed by atoms with Gasteiger partial charge >= 0.3 is 11.9 Å². The maximum atomic E-state index is 12.0. The average molecular weight is 414 g/mol. The van der Waals surface area contributed by atoms with Gasteiger partial charge in [-0.3, -0.25) is 0 Å². The third kappa shape index (κ3) is 4.64. The van der Waals surface area contributed by atoms with Gasteiger partial charge in [0.2, 0.25) is 0 Å². The number of carbonyl (C=O) groups excluding carboxylic acids is 2. The van der Waals surface area contributed by atoms with Crippen molar-refractivity contribution in [1.82, 2.24) is 20.4 Å². The molecule has 4 aliphatic rings. The van der Waals surface area contributed by atoms with Crippen molar-refractivity contribution in [2.75, 3.05) is 13.1 Å². The summed E-state index contributed by atoms with van der Waals surface area (Å²) in [6.07, 6.45) is 14.6. The first-order valence-electron chi connectivity index (χ1n) is 9.84. The van der Waals surface area contributed by atoms with Crippen LogP contribution in [0, 0.1) is 0 Å². The van der Waals surface area contributed by atoms with Crippen molar-refractivity contribution in [3.63, 3.8) is 0 Å². The normalized spacial score (nSPS) is 18.4.